The number of carbonyl (C=O) groups excluding carboxylic acids is 2. The largest absolute Gasteiger partial charge is 0.461 e. The highest BCUT2D eigenvalue weighted by molar-refractivity contribution is 7.12. The maximum Gasteiger partial charge on any atom is 0.356 e. The first-order valence-electron chi connectivity index (χ1n) is 7.28. The number of hydrogen-bond donors (Lipinski definition) is 2. The van der Waals surface area contributed by atoms with Gasteiger partial charge in [0.2, 0.25) is 0 Å². The van der Waals surface area contributed by atoms with Crippen molar-refractivity contribution >= 4 is 28.8 Å². The van der Waals surface area contributed by atoms with Crippen molar-refractivity contribution in [3.63, 3.8) is 0 Å². The minimum Gasteiger partial charge on any atom is -0.461 e. The second-order valence-electron chi connectivity index (χ2n) is 5.46. The molecule has 3 N–H and O–H groups in total. The number of aryl methyl sites for hydroxylation is 1. The molecule has 0 fully saturated rings. The van der Waals surface area contributed by atoms with Crippen LogP contribution in [-0.2, 0) is 11.2 Å². The lowest BCUT2D eigenvalue weighted by molar-refractivity contribution is 0.0521. The molecule has 0 radical (unpaired) electrons. The number of H-pyrrole nitrogens is 1. The van der Waals surface area contributed by atoms with Gasteiger partial charge in [-0.15, -0.1) is 11.3 Å². The van der Waals surface area contributed by atoms with Gasteiger partial charge in [0.15, 0.2) is 5.78 Å². The van der Waals surface area contributed by atoms with E-state index in [1.165, 1.54) is 9.75 Å². The first-order chi connectivity index (χ1) is 10.5. The van der Waals surface area contributed by atoms with E-state index in [-0.39, 0.29) is 29.7 Å². The van der Waals surface area contributed by atoms with Crippen LogP contribution in [0.25, 0.3) is 0 Å². The standard InChI is InChI=1S/C16H18N2O3S/c1-3-21-16(20)15-14(17)13-10(18-15)6-9(7-11(13)19)12-5-4-8(2)22-12/h4-5,9,18H,3,6-7,17H2,1-2H3/t9-/m1/s1. The number of ketones is 1. The van der Waals surface area contributed by atoms with Crippen LogP contribution in [0, 0.1) is 6.92 Å². The van der Waals surface area contributed by atoms with Gasteiger partial charge in [-0.25, -0.2) is 4.79 Å². The fourth-order valence-electron chi connectivity index (χ4n) is 2.92. The summed E-state index contributed by atoms with van der Waals surface area (Å²) < 4.78 is 4.98. The quantitative estimate of drug-likeness (QED) is 0.852. The highest BCUT2D eigenvalue weighted by atomic mass is 32.1. The molecule has 0 saturated heterocycles. The van der Waals surface area contributed by atoms with Crippen molar-refractivity contribution < 1.29 is 14.3 Å². The summed E-state index contributed by atoms with van der Waals surface area (Å²) in [6, 6.07) is 4.13. The summed E-state index contributed by atoms with van der Waals surface area (Å²) in [6.45, 7) is 4.06. The fourth-order valence-corrected chi connectivity index (χ4v) is 3.90. The normalized spacial score (nSPS) is 17.4. The first kappa shape index (κ1) is 14.8. The van der Waals surface area contributed by atoms with Crippen LogP contribution in [0.4, 0.5) is 5.69 Å². The molecule has 1 aliphatic carbocycles. The molecule has 3 rings (SSSR count). The number of nitrogens with one attached hydrogen (secondary N) is 1. The van der Waals surface area contributed by atoms with E-state index in [0.717, 1.165) is 5.69 Å². The number of thiophene rings is 1. The van der Waals surface area contributed by atoms with Crippen molar-refractivity contribution in [2.75, 3.05) is 12.3 Å². The first-order valence-corrected chi connectivity index (χ1v) is 8.09. The average Bonchev–Trinajstić information content (AvgIpc) is 3.03. The van der Waals surface area contributed by atoms with Crippen LogP contribution in [0.5, 0.6) is 0 Å². The van der Waals surface area contributed by atoms with E-state index >= 15 is 0 Å². The van der Waals surface area contributed by atoms with E-state index in [2.05, 4.69) is 24.0 Å². The van der Waals surface area contributed by atoms with Gasteiger partial charge in [0.05, 0.1) is 17.9 Å². The summed E-state index contributed by atoms with van der Waals surface area (Å²) >= 11 is 1.71. The monoisotopic (exact) mass is 318 g/mol. The van der Waals surface area contributed by atoms with Gasteiger partial charge in [-0.2, -0.15) is 0 Å². The molecule has 0 aromatic carbocycles. The third-order valence-electron chi connectivity index (χ3n) is 3.92. The van der Waals surface area contributed by atoms with Crippen molar-refractivity contribution in [2.24, 2.45) is 0 Å². The van der Waals surface area contributed by atoms with Crippen molar-refractivity contribution in [2.45, 2.75) is 32.6 Å². The molecule has 22 heavy (non-hydrogen) atoms. The van der Waals surface area contributed by atoms with E-state index in [1.807, 2.05) is 0 Å². The molecule has 1 aliphatic rings. The number of nitrogen functional groups attached to an aromatic ring is 1. The number of esters is 1. The van der Waals surface area contributed by atoms with Crippen molar-refractivity contribution in [1.82, 2.24) is 4.98 Å². The van der Waals surface area contributed by atoms with Crippen molar-refractivity contribution in [3.8, 4) is 0 Å². The fraction of sp³-hybridized carbons (Fsp3) is 0.375. The Morgan fingerprint density at radius 2 is 2.23 bits per heavy atom. The van der Waals surface area contributed by atoms with E-state index in [4.69, 9.17) is 10.5 Å². The Kier molecular flexibility index (Phi) is 3.78. The Labute approximate surface area is 132 Å². The summed E-state index contributed by atoms with van der Waals surface area (Å²) in [4.78, 5) is 29.8. The Bertz CT molecular complexity index is 745. The third-order valence-corrected chi connectivity index (χ3v) is 5.08. The molecule has 2 heterocycles. The van der Waals surface area contributed by atoms with Crippen LogP contribution < -0.4 is 5.73 Å². The summed E-state index contributed by atoms with van der Waals surface area (Å²) in [6.07, 6.45) is 1.11. The van der Waals surface area contributed by atoms with E-state index in [1.54, 1.807) is 18.3 Å². The number of rotatable bonds is 3. The van der Waals surface area contributed by atoms with E-state index in [0.29, 0.717) is 18.4 Å². The maximum absolute atomic E-state index is 12.4. The van der Waals surface area contributed by atoms with Gasteiger partial charge in [0.25, 0.3) is 0 Å². The van der Waals surface area contributed by atoms with Crippen LogP contribution in [-0.4, -0.2) is 23.3 Å². The Balaban J connectivity index is 1.95. The molecule has 0 aliphatic heterocycles. The number of hydrogen-bond acceptors (Lipinski definition) is 5. The Morgan fingerprint density at radius 1 is 1.45 bits per heavy atom. The zero-order valence-electron chi connectivity index (χ0n) is 12.6. The highest BCUT2D eigenvalue weighted by Crippen LogP contribution is 2.38. The number of fused-ring (bicyclic) bond motifs is 1. The number of anilines is 1. The van der Waals surface area contributed by atoms with Crippen LogP contribution in [0.2, 0.25) is 0 Å². The molecule has 6 heteroatoms. The number of carbonyl (C=O) groups is 2. The molecule has 2 aromatic heterocycles. The lowest BCUT2D eigenvalue weighted by Crippen LogP contribution is -2.18. The van der Waals surface area contributed by atoms with Gasteiger partial charge in [-0.3, -0.25) is 4.79 Å². The number of Topliss-reactive ketones (excluding diaryl/α,β-unsaturated/α-hetero) is 1. The smallest absolute Gasteiger partial charge is 0.356 e. The molecule has 116 valence electrons. The minimum atomic E-state index is -0.509. The topological polar surface area (TPSA) is 85.2 Å². The number of ether oxygens (including phenoxy) is 1. The van der Waals surface area contributed by atoms with Crippen LogP contribution >= 0.6 is 11.3 Å². The molecular weight excluding hydrogens is 300 g/mol. The summed E-state index contributed by atoms with van der Waals surface area (Å²) in [5.74, 6) is -0.376. The SMILES string of the molecule is CCOC(=O)c1[nH]c2c(c1N)C(=O)C[C@H](c1ccc(C)s1)C2. The molecule has 0 saturated carbocycles. The zero-order valence-corrected chi connectivity index (χ0v) is 13.4. The van der Waals surface area contributed by atoms with Crippen LogP contribution in [0.1, 0.15) is 55.6 Å². The van der Waals surface area contributed by atoms with Gasteiger partial charge in [-0.1, -0.05) is 0 Å². The third kappa shape index (κ3) is 2.43. The van der Waals surface area contributed by atoms with Crippen LogP contribution in [0.15, 0.2) is 12.1 Å². The molecule has 0 spiro atoms. The summed E-state index contributed by atoms with van der Waals surface area (Å²) in [7, 11) is 0. The Morgan fingerprint density at radius 3 is 2.86 bits per heavy atom. The van der Waals surface area contributed by atoms with Gasteiger partial charge >= 0.3 is 5.97 Å². The van der Waals surface area contributed by atoms with E-state index in [9.17, 15) is 9.59 Å². The number of nitrogens with two attached hydrogens (primary N) is 1. The number of aromatic nitrogens is 1. The molecule has 0 unspecified atom stereocenters. The lowest BCUT2D eigenvalue weighted by Gasteiger charge is -2.20. The summed E-state index contributed by atoms with van der Waals surface area (Å²) in [5, 5.41) is 0. The second kappa shape index (κ2) is 5.61. The number of aromatic amines is 1. The Hall–Kier alpha value is -2.08. The minimum absolute atomic E-state index is 0.0124. The average molecular weight is 318 g/mol. The summed E-state index contributed by atoms with van der Waals surface area (Å²) in [5.41, 5.74) is 7.61. The lowest BCUT2D eigenvalue weighted by atomic mass is 9.85. The zero-order chi connectivity index (χ0) is 15.9. The molecule has 0 amide bonds. The van der Waals surface area contributed by atoms with Gasteiger partial charge < -0.3 is 15.5 Å². The van der Waals surface area contributed by atoms with Crippen LogP contribution in [0.3, 0.4) is 0 Å². The predicted molar refractivity (Wildman–Crippen MR) is 85.6 cm³/mol. The van der Waals surface area contributed by atoms with Gasteiger partial charge in [-0.05, 0) is 32.4 Å². The maximum atomic E-state index is 12.4. The van der Waals surface area contributed by atoms with Gasteiger partial charge in [0, 0.05) is 27.8 Å². The van der Waals surface area contributed by atoms with Crippen molar-refractivity contribution in [1.29, 1.82) is 0 Å². The highest BCUT2D eigenvalue weighted by Gasteiger charge is 2.33. The molecule has 0 bridgehead atoms. The second-order valence-corrected chi connectivity index (χ2v) is 6.78. The molecule has 5 nitrogen and oxygen atoms in total. The predicted octanol–water partition coefficient (Wildman–Crippen LogP) is 3.06. The molecule has 2 aromatic rings. The molecule has 1 atom stereocenters. The molecular formula is C16H18N2O3S. The van der Waals surface area contributed by atoms with Gasteiger partial charge in [0.1, 0.15) is 5.69 Å². The van der Waals surface area contributed by atoms with E-state index < -0.39 is 5.97 Å². The van der Waals surface area contributed by atoms with Crippen molar-refractivity contribution in [3.05, 3.63) is 38.8 Å².